The number of carbonyl (C=O) groups excluding carboxylic acids is 2. The number of allylic oxidation sites excluding steroid dienone is 2. The molecule has 0 aromatic carbocycles. The lowest BCUT2D eigenvalue weighted by atomic mass is 10.1. The van der Waals surface area contributed by atoms with Gasteiger partial charge in [0.15, 0.2) is 6.04 Å². The highest BCUT2D eigenvalue weighted by atomic mass is 31.2. The number of phosphoric acid groups is 1. The number of hydrogen-bond acceptors (Lipinski definition) is 8. The van der Waals surface area contributed by atoms with E-state index >= 15 is 0 Å². The second kappa shape index (κ2) is 26.8. The van der Waals surface area contributed by atoms with Crippen LogP contribution >= 0.6 is 7.82 Å². The molecule has 1 amide bonds. The third kappa shape index (κ3) is 25.9. The number of carboxylic acids is 1. The lowest BCUT2D eigenvalue weighted by molar-refractivity contribution is -0.147. The Hall–Kier alpha value is -1.78. The van der Waals surface area contributed by atoms with E-state index in [1.165, 1.54) is 19.3 Å². The maximum Gasteiger partial charge on any atom is 0.472 e. The number of aliphatic hydroxyl groups excluding tert-OH is 1. The summed E-state index contributed by atoms with van der Waals surface area (Å²) in [6, 6.07) is -1.54. The van der Waals surface area contributed by atoms with Gasteiger partial charge in [-0.2, -0.15) is 0 Å². The number of nitrogens with one attached hydrogen (secondary N) is 1. The largest absolute Gasteiger partial charge is 0.480 e. The van der Waals surface area contributed by atoms with E-state index in [2.05, 4.69) is 35.8 Å². The highest BCUT2D eigenvalue weighted by Crippen LogP contribution is 2.43. The second-order valence-electron chi connectivity index (χ2n) is 10.6. The van der Waals surface area contributed by atoms with Gasteiger partial charge in [0.1, 0.15) is 12.7 Å². The number of hydrogen-bond donors (Lipinski definition) is 4. The van der Waals surface area contributed by atoms with Crippen molar-refractivity contribution in [3.8, 4) is 0 Å². The zero-order valence-corrected chi connectivity index (χ0v) is 26.7. The second-order valence-corrected chi connectivity index (χ2v) is 12.1. The topological polar surface area (TPSA) is 169 Å². The number of ether oxygens (including phenoxy) is 1. The number of esters is 1. The van der Waals surface area contributed by atoms with Gasteiger partial charge in [-0.1, -0.05) is 96.6 Å². The first-order valence-corrected chi connectivity index (χ1v) is 17.2. The molecule has 3 unspecified atom stereocenters. The molecule has 0 saturated heterocycles. The Morgan fingerprint density at radius 1 is 0.738 bits per heavy atom. The molecule has 0 aliphatic carbocycles. The van der Waals surface area contributed by atoms with E-state index in [0.717, 1.165) is 70.6 Å². The molecule has 4 N–H and O–H groups in total. The van der Waals surface area contributed by atoms with Crippen LogP contribution in [0.1, 0.15) is 129 Å². The molecule has 0 rings (SSSR count). The van der Waals surface area contributed by atoms with Crippen LogP contribution in [0.3, 0.4) is 0 Å². The predicted molar refractivity (Wildman–Crippen MR) is 162 cm³/mol. The van der Waals surface area contributed by atoms with Crippen molar-refractivity contribution in [1.29, 1.82) is 0 Å². The fourth-order valence-electron chi connectivity index (χ4n) is 4.00. The molecule has 0 aromatic rings. The van der Waals surface area contributed by atoms with E-state index in [4.69, 9.17) is 9.26 Å². The van der Waals surface area contributed by atoms with Gasteiger partial charge in [-0.25, -0.2) is 9.36 Å². The summed E-state index contributed by atoms with van der Waals surface area (Å²) in [6.07, 6.45) is 20.0. The molecule has 246 valence electrons. The third-order valence-electron chi connectivity index (χ3n) is 6.55. The molecule has 0 fully saturated rings. The van der Waals surface area contributed by atoms with Crippen LogP contribution in [-0.2, 0) is 32.7 Å². The molecule has 42 heavy (non-hydrogen) atoms. The number of carboxylic acid groups (broad SMARTS) is 1. The highest BCUT2D eigenvalue weighted by molar-refractivity contribution is 7.47. The minimum absolute atomic E-state index is 0.146. The molecule has 0 bridgehead atoms. The Bertz CT molecular complexity index is 792. The number of aliphatic hydroxyl groups is 1. The molecule has 0 heterocycles. The minimum atomic E-state index is -4.73. The monoisotopic (exact) mass is 621 g/mol. The number of rotatable bonds is 29. The highest BCUT2D eigenvalue weighted by Gasteiger charge is 2.28. The van der Waals surface area contributed by atoms with Crippen molar-refractivity contribution in [2.45, 2.75) is 142 Å². The van der Waals surface area contributed by atoms with E-state index < -0.39 is 57.6 Å². The van der Waals surface area contributed by atoms with E-state index in [1.54, 1.807) is 0 Å². The Morgan fingerprint density at radius 3 is 1.88 bits per heavy atom. The van der Waals surface area contributed by atoms with Crippen LogP contribution in [0.15, 0.2) is 12.2 Å². The van der Waals surface area contributed by atoms with Crippen LogP contribution in [0.5, 0.6) is 0 Å². The van der Waals surface area contributed by atoms with Crippen molar-refractivity contribution in [3.63, 3.8) is 0 Å². The SMILES string of the molecule is CCCC/C=C\CCCCCCCC(=O)OCC(O)COP(=O)(O)OCC(NC(=O)CCCCCCCCC)C(=O)O. The minimum Gasteiger partial charge on any atom is -0.480 e. The van der Waals surface area contributed by atoms with Crippen LogP contribution in [0.4, 0.5) is 0 Å². The average Bonchev–Trinajstić information content (AvgIpc) is 2.95. The van der Waals surface area contributed by atoms with Crippen LogP contribution < -0.4 is 5.32 Å². The van der Waals surface area contributed by atoms with Gasteiger partial charge in [0.05, 0.1) is 13.2 Å². The first-order chi connectivity index (χ1) is 20.1. The Morgan fingerprint density at radius 2 is 1.26 bits per heavy atom. The first-order valence-electron chi connectivity index (χ1n) is 15.7. The fraction of sp³-hybridized carbons (Fsp3) is 0.833. The Balaban J connectivity index is 4.05. The molecule has 11 nitrogen and oxygen atoms in total. The van der Waals surface area contributed by atoms with Gasteiger partial charge < -0.3 is 25.2 Å². The van der Waals surface area contributed by atoms with E-state index in [0.29, 0.717) is 12.8 Å². The maximum absolute atomic E-state index is 12.1. The van der Waals surface area contributed by atoms with Crippen LogP contribution in [0.25, 0.3) is 0 Å². The summed E-state index contributed by atoms with van der Waals surface area (Å²) in [5.41, 5.74) is 0. The quantitative estimate of drug-likeness (QED) is 0.0326. The Kier molecular flexibility index (Phi) is 25.7. The van der Waals surface area contributed by atoms with Crippen molar-refractivity contribution >= 4 is 25.7 Å². The van der Waals surface area contributed by atoms with Gasteiger partial charge in [-0.3, -0.25) is 18.6 Å². The summed E-state index contributed by atoms with van der Waals surface area (Å²) in [5.74, 6) is -2.39. The molecule has 3 atom stereocenters. The van der Waals surface area contributed by atoms with Crippen LogP contribution in [-0.4, -0.2) is 64.9 Å². The normalized spacial score (nSPS) is 14.4. The number of aliphatic carboxylic acids is 1. The Labute approximate surface area is 252 Å². The molecule has 0 aliphatic heterocycles. The number of amides is 1. The number of unbranched alkanes of at least 4 members (excludes halogenated alkanes) is 13. The maximum atomic E-state index is 12.1. The molecule has 0 radical (unpaired) electrons. The van der Waals surface area contributed by atoms with E-state index in [1.807, 2.05) is 0 Å². The van der Waals surface area contributed by atoms with Gasteiger partial charge in [0, 0.05) is 12.8 Å². The zero-order chi connectivity index (χ0) is 31.5. The van der Waals surface area contributed by atoms with Gasteiger partial charge in [0.25, 0.3) is 0 Å². The van der Waals surface area contributed by atoms with Crippen molar-refractivity contribution < 1.29 is 47.8 Å². The molecule has 0 aliphatic rings. The number of carbonyl (C=O) groups is 3. The van der Waals surface area contributed by atoms with Gasteiger partial charge in [0.2, 0.25) is 5.91 Å². The van der Waals surface area contributed by atoms with Crippen molar-refractivity contribution in [2.24, 2.45) is 0 Å². The molecular formula is C30H56NO10P. The average molecular weight is 622 g/mol. The predicted octanol–water partition coefficient (Wildman–Crippen LogP) is 6.21. The summed E-state index contributed by atoms with van der Waals surface area (Å²) in [7, 11) is -4.73. The molecular weight excluding hydrogens is 565 g/mol. The summed E-state index contributed by atoms with van der Waals surface area (Å²) < 4.78 is 26.5. The van der Waals surface area contributed by atoms with Gasteiger partial charge in [-0.05, 0) is 32.1 Å². The number of phosphoric ester groups is 1. The fourth-order valence-corrected chi connectivity index (χ4v) is 4.77. The third-order valence-corrected chi connectivity index (χ3v) is 7.51. The van der Waals surface area contributed by atoms with Gasteiger partial charge in [-0.15, -0.1) is 0 Å². The van der Waals surface area contributed by atoms with Gasteiger partial charge >= 0.3 is 19.8 Å². The summed E-state index contributed by atoms with van der Waals surface area (Å²) in [6.45, 7) is 2.42. The smallest absolute Gasteiger partial charge is 0.472 e. The lowest BCUT2D eigenvalue weighted by Gasteiger charge is -2.18. The zero-order valence-electron chi connectivity index (χ0n) is 25.8. The summed E-state index contributed by atoms with van der Waals surface area (Å²) >= 11 is 0. The van der Waals surface area contributed by atoms with Crippen molar-refractivity contribution in [1.82, 2.24) is 5.32 Å². The van der Waals surface area contributed by atoms with E-state index in [9.17, 15) is 34.1 Å². The molecule has 0 saturated carbocycles. The molecule has 12 heteroatoms. The lowest BCUT2D eigenvalue weighted by Crippen LogP contribution is -2.43. The van der Waals surface area contributed by atoms with Crippen molar-refractivity contribution in [2.75, 3.05) is 19.8 Å². The van der Waals surface area contributed by atoms with E-state index in [-0.39, 0.29) is 12.8 Å². The first kappa shape index (κ1) is 40.2. The van der Waals surface area contributed by atoms with Crippen molar-refractivity contribution in [3.05, 3.63) is 12.2 Å². The summed E-state index contributed by atoms with van der Waals surface area (Å²) in [5, 5.41) is 21.5. The van der Waals surface area contributed by atoms with Crippen LogP contribution in [0.2, 0.25) is 0 Å². The standard InChI is InChI=1S/C30H56NO10P/c1-3-5-7-9-11-12-13-14-16-18-20-22-29(34)39-23-26(32)24-40-42(37,38)41-25-27(30(35)36)31-28(33)21-19-17-15-10-8-6-4-2/h9,11,26-27,32H,3-8,10,12-25H2,1-2H3,(H,31,33)(H,35,36)(H,37,38)/b11-9-. The van der Waals surface area contributed by atoms with Crippen LogP contribution in [0, 0.1) is 0 Å². The summed E-state index contributed by atoms with van der Waals surface area (Å²) in [4.78, 5) is 45.2. The molecule has 0 aromatic heterocycles. The molecule has 0 spiro atoms.